The highest BCUT2D eigenvalue weighted by Crippen LogP contribution is 2.12. The predicted molar refractivity (Wildman–Crippen MR) is 101 cm³/mol. The first kappa shape index (κ1) is 20.3. The Labute approximate surface area is 161 Å². The lowest BCUT2D eigenvalue weighted by Crippen LogP contribution is -2.21. The minimum absolute atomic E-state index is 0.0193. The van der Waals surface area contributed by atoms with Crippen LogP contribution in [-0.4, -0.2) is 30.0 Å². The van der Waals surface area contributed by atoms with Crippen LogP contribution >= 0.6 is 11.6 Å². The summed E-state index contributed by atoms with van der Waals surface area (Å²) in [7, 11) is 0. The Kier molecular flexibility index (Phi) is 7.25. The van der Waals surface area contributed by atoms with Crippen LogP contribution in [0.5, 0.6) is 0 Å². The van der Waals surface area contributed by atoms with Crippen LogP contribution in [0, 0.1) is 0 Å². The first-order chi connectivity index (χ1) is 12.8. The number of rotatable bonds is 8. The van der Waals surface area contributed by atoms with Gasteiger partial charge in [0, 0.05) is 28.3 Å². The number of ketones is 2. The fourth-order valence-electron chi connectivity index (χ4n) is 2.20. The van der Waals surface area contributed by atoms with E-state index in [1.54, 1.807) is 48.5 Å². The molecule has 0 bridgehead atoms. The minimum atomic E-state index is -0.639. The maximum Gasteiger partial charge on any atom is 0.306 e. The Balaban J connectivity index is 1.72. The van der Waals surface area contributed by atoms with Crippen molar-refractivity contribution in [2.24, 2.45) is 0 Å². The van der Waals surface area contributed by atoms with Crippen LogP contribution in [0.3, 0.4) is 0 Å². The molecule has 0 aliphatic heterocycles. The van der Waals surface area contributed by atoms with E-state index in [9.17, 15) is 19.2 Å². The van der Waals surface area contributed by atoms with Crippen molar-refractivity contribution in [3.63, 3.8) is 0 Å². The summed E-state index contributed by atoms with van der Waals surface area (Å²) in [5, 5.41) is 3.07. The molecule has 2 aromatic carbocycles. The van der Waals surface area contributed by atoms with Crippen LogP contribution in [0.2, 0.25) is 5.02 Å². The highest BCUT2D eigenvalue weighted by molar-refractivity contribution is 6.30. The number of ether oxygens (including phenoxy) is 1. The van der Waals surface area contributed by atoms with Crippen LogP contribution in [-0.2, 0) is 14.3 Å². The molecule has 140 valence electrons. The highest BCUT2D eigenvalue weighted by Gasteiger charge is 2.12. The number of amides is 1. The SMILES string of the molecule is CC(=O)c1ccc(NC(=O)COC(=O)CCC(=O)c2ccc(Cl)cc2)cc1. The molecule has 6 nitrogen and oxygen atoms in total. The van der Waals surface area contributed by atoms with Gasteiger partial charge >= 0.3 is 5.97 Å². The normalized spacial score (nSPS) is 10.1. The van der Waals surface area contributed by atoms with Gasteiger partial charge in [-0.15, -0.1) is 0 Å². The highest BCUT2D eigenvalue weighted by atomic mass is 35.5. The number of benzene rings is 2. The lowest BCUT2D eigenvalue weighted by molar-refractivity contribution is -0.147. The molecule has 0 radical (unpaired) electrons. The molecule has 0 fully saturated rings. The topological polar surface area (TPSA) is 89.5 Å². The van der Waals surface area contributed by atoms with E-state index in [-0.39, 0.29) is 24.4 Å². The molecule has 1 amide bonds. The number of anilines is 1. The standard InChI is InChI=1S/C20H18ClNO5/c1-13(23)14-4-8-17(9-5-14)22-19(25)12-27-20(26)11-10-18(24)15-2-6-16(21)7-3-15/h2-9H,10-12H2,1H3,(H,22,25). The molecule has 0 aliphatic rings. The summed E-state index contributed by atoms with van der Waals surface area (Å²) < 4.78 is 4.86. The van der Waals surface area contributed by atoms with Crippen LogP contribution in [0.4, 0.5) is 5.69 Å². The van der Waals surface area contributed by atoms with Crippen molar-refractivity contribution in [3.05, 3.63) is 64.7 Å². The van der Waals surface area contributed by atoms with Crippen molar-refractivity contribution in [2.45, 2.75) is 19.8 Å². The Hall–Kier alpha value is -2.99. The number of hydrogen-bond donors (Lipinski definition) is 1. The number of carbonyl (C=O) groups excluding carboxylic acids is 4. The Bertz CT molecular complexity index is 844. The zero-order valence-corrected chi connectivity index (χ0v) is 15.4. The van der Waals surface area contributed by atoms with E-state index < -0.39 is 18.5 Å². The molecule has 0 saturated heterocycles. The van der Waals surface area contributed by atoms with Gasteiger partial charge in [-0.1, -0.05) is 11.6 Å². The number of halogens is 1. The second-order valence-electron chi connectivity index (χ2n) is 5.77. The van der Waals surface area contributed by atoms with Gasteiger partial charge in [-0.25, -0.2) is 0 Å². The summed E-state index contributed by atoms with van der Waals surface area (Å²) in [6.45, 7) is 0.993. The Morgan fingerprint density at radius 3 is 2.07 bits per heavy atom. The first-order valence-corrected chi connectivity index (χ1v) is 8.58. The zero-order valence-electron chi connectivity index (χ0n) is 14.7. The average Bonchev–Trinajstić information content (AvgIpc) is 2.65. The fourth-order valence-corrected chi connectivity index (χ4v) is 2.33. The van der Waals surface area contributed by atoms with Gasteiger partial charge in [0.1, 0.15) is 0 Å². The van der Waals surface area contributed by atoms with E-state index in [0.717, 1.165) is 0 Å². The number of esters is 1. The third-order valence-corrected chi connectivity index (χ3v) is 3.91. The molecule has 2 rings (SSSR count). The smallest absolute Gasteiger partial charge is 0.306 e. The summed E-state index contributed by atoms with van der Waals surface area (Å²) in [6, 6.07) is 12.7. The molecular formula is C20H18ClNO5. The largest absolute Gasteiger partial charge is 0.456 e. The van der Waals surface area contributed by atoms with Crippen molar-refractivity contribution < 1.29 is 23.9 Å². The first-order valence-electron chi connectivity index (χ1n) is 8.20. The van der Waals surface area contributed by atoms with E-state index in [4.69, 9.17) is 16.3 Å². The van der Waals surface area contributed by atoms with Gasteiger partial charge in [-0.05, 0) is 55.5 Å². The fraction of sp³-hybridized carbons (Fsp3) is 0.200. The van der Waals surface area contributed by atoms with Crippen molar-refractivity contribution in [2.75, 3.05) is 11.9 Å². The molecule has 0 unspecified atom stereocenters. The molecule has 0 heterocycles. The van der Waals surface area contributed by atoms with Crippen LogP contribution in [0.25, 0.3) is 0 Å². The van der Waals surface area contributed by atoms with E-state index in [0.29, 0.717) is 21.8 Å². The Morgan fingerprint density at radius 1 is 0.889 bits per heavy atom. The molecule has 7 heteroatoms. The summed E-state index contributed by atoms with van der Waals surface area (Å²) in [5.74, 6) is -1.43. The van der Waals surface area contributed by atoms with Gasteiger partial charge in [0.2, 0.25) is 0 Å². The minimum Gasteiger partial charge on any atom is -0.456 e. The molecule has 2 aromatic rings. The summed E-state index contributed by atoms with van der Waals surface area (Å²) in [4.78, 5) is 46.6. The molecule has 0 aliphatic carbocycles. The van der Waals surface area contributed by atoms with E-state index in [1.165, 1.54) is 6.92 Å². The second-order valence-corrected chi connectivity index (χ2v) is 6.21. The quantitative estimate of drug-likeness (QED) is 0.551. The molecule has 0 spiro atoms. The van der Waals surface area contributed by atoms with Crippen molar-refractivity contribution >= 4 is 40.7 Å². The second kappa shape index (κ2) is 9.64. The van der Waals surface area contributed by atoms with Crippen LogP contribution < -0.4 is 5.32 Å². The molecule has 1 N–H and O–H groups in total. The van der Waals surface area contributed by atoms with Gasteiger partial charge in [0.15, 0.2) is 18.2 Å². The monoisotopic (exact) mass is 387 g/mol. The number of nitrogens with one attached hydrogen (secondary N) is 1. The van der Waals surface area contributed by atoms with Crippen LogP contribution in [0.1, 0.15) is 40.5 Å². The van der Waals surface area contributed by atoms with E-state index in [2.05, 4.69) is 5.32 Å². The van der Waals surface area contributed by atoms with Gasteiger partial charge in [-0.3, -0.25) is 19.2 Å². The molecule has 0 saturated carbocycles. The van der Waals surface area contributed by atoms with E-state index in [1.807, 2.05) is 0 Å². The van der Waals surface area contributed by atoms with Gasteiger partial charge in [0.05, 0.1) is 6.42 Å². The summed E-state index contributed by atoms with van der Waals surface area (Å²) >= 11 is 5.76. The van der Waals surface area contributed by atoms with Gasteiger partial charge < -0.3 is 10.1 Å². The maximum absolute atomic E-state index is 12.0. The van der Waals surface area contributed by atoms with Crippen molar-refractivity contribution in [3.8, 4) is 0 Å². The van der Waals surface area contributed by atoms with Crippen LogP contribution in [0.15, 0.2) is 48.5 Å². The van der Waals surface area contributed by atoms with Crippen molar-refractivity contribution in [1.29, 1.82) is 0 Å². The molecule has 27 heavy (non-hydrogen) atoms. The average molecular weight is 388 g/mol. The molecular weight excluding hydrogens is 370 g/mol. The summed E-state index contributed by atoms with van der Waals surface area (Å²) in [6.07, 6.45) is -0.142. The zero-order chi connectivity index (χ0) is 19.8. The third-order valence-electron chi connectivity index (χ3n) is 3.66. The molecule has 0 atom stereocenters. The maximum atomic E-state index is 12.0. The lowest BCUT2D eigenvalue weighted by atomic mass is 10.1. The Morgan fingerprint density at radius 2 is 1.48 bits per heavy atom. The predicted octanol–water partition coefficient (Wildman–Crippen LogP) is 3.69. The number of carbonyl (C=O) groups is 4. The number of Topliss-reactive ketones (excluding diaryl/α,β-unsaturated/α-hetero) is 2. The summed E-state index contributed by atoms with van der Waals surface area (Å²) in [5.41, 5.74) is 1.47. The third kappa shape index (κ3) is 6.67. The van der Waals surface area contributed by atoms with Gasteiger partial charge in [0.25, 0.3) is 5.91 Å². The van der Waals surface area contributed by atoms with E-state index >= 15 is 0 Å². The van der Waals surface area contributed by atoms with Gasteiger partial charge in [-0.2, -0.15) is 0 Å². The number of hydrogen-bond acceptors (Lipinski definition) is 5. The molecule has 0 aromatic heterocycles. The van der Waals surface area contributed by atoms with Crippen molar-refractivity contribution in [1.82, 2.24) is 0 Å². The lowest BCUT2D eigenvalue weighted by Gasteiger charge is -2.07.